The Morgan fingerprint density at radius 3 is 2.75 bits per heavy atom. The minimum Gasteiger partial charge on any atom is -0.367 e. The molecule has 0 unspecified atom stereocenters. The smallest absolute Gasteiger partial charge is 0.273 e. The van der Waals surface area contributed by atoms with E-state index in [1.807, 2.05) is 47.7 Å². The minimum absolute atomic E-state index is 0.156. The van der Waals surface area contributed by atoms with Crippen LogP contribution in [0, 0.1) is 0 Å². The van der Waals surface area contributed by atoms with E-state index in [0.29, 0.717) is 5.69 Å². The summed E-state index contributed by atoms with van der Waals surface area (Å²) in [6.07, 6.45) is 1.10. The number of benzene rings is 2. The number of nitrogens with zero attached hydrogens (tertiary/aromatic N) is 1. The Morgan fingerprint density at radius 2 is 1.93 bits per heavy atom. The van der Waals surface area contributed by atoms with E-state index >= 15 is 0 Å². The molecule has 1 aliphatic rings. The standard InChI is InChI=1S/C22H18BrN3OS/c23-20-17-3-1-2-4-18(17)25-21(20)22(27)24-15-5-7-16(8-6-15)26-11-9-19-14(13-26)10-12-28-19/h1-8,10,12,25H,9,11,13H2,(H,24,27). The molecule has 2 aromatic heterocycles. The highest BCUT2D eigenvalue weighted by Crippen LogP contribution is 2.30. The summed E-state index contributed by atoms with van der Waals surface area (Å²) in [5.74, 6) is -0.156. The maximum atomic E-state index is 12.7. The highest BCUT2D eigenvalue weighted by Gasteiger charge is 2.18. The van der Waals surface area contributed by atoms with Crippen LogP contribution in [0.5, 0.6) is 0 Å². The fourth-order valence-electron chi connectivity index (χ4n) is 3.68. The maximum Gasteiger partial charge on any atom is 0.273 e. The van der Waals surface area contributed by atoms with Crippen LogP contribution in [0.3, 0.4) is 0 Å². The number of rotatable bonds is 3. The van der Waals surface area contributed by atoms with Crippen molar-refractivity contribution in [3.8, 4) is 0 Å². The summed E-state index contributed by atoms with van der Waals surface area (Å²) in [6.45, 7) is 1.98. The molecule has 0 fully saturated rings. The van der Waals surface area contributed by atoms with Crippen LogP contribution in [0.15, 0.2) is 64.5 Å². The molecular formula is C22H18BrN3OS. The maximum absolute atomic E-state index is 12.7. The highest BCUT2D eigenvalue weighted by atomic mass is 79.9. The van der Waals surface area contributed by atoms with Gasteiger partial charge in [0, 0.05) is 40.2 Å². The number of nitrogens with one attached hydrogen (secondary N) is 2. The molecule has 2 aromatic carbocycles. The van der Waals surface area contributed by atoms with Crippen LogP contribution < -0.4 is 10.2 Å². The van der Waals surface area contributed by atoms with Crippen molar-refractivity contribution >= 4 is 55.5 Å². The second kappa shape index (κ2) is 7.11. The number of hydrogen-bond donors (Lipinski definition) is 2. The van der Waals surface area contributed by atoms with Gasteiger partial charge in [-0.3, -0.25) is 4.79 Å². The molecule has 0 spiro atoms. The number of carbonyl (C=O) groups is 1. The number of para-hydroxylation sites is 1. The molecule has 0 radical (unpaired) electrons. The number of H-pyrrole nitrogens is 1. The lowest BCUT2D eigenvalue weighted by molar-refractivity contribution is 0.102. The molecule has 3 heterocycles. The summed E-state index contributed by atoms with van der Waals surface area (Å²) in [7, 11) is 0. The number of amides is 1. The zero-order valence-electron chi connectivity index (χ0n) is 15.0. The molecule has 0 saturated carbocycles. The average molecular weight is 452 g/mol. The van der Waals surface area contributed by atoms with E-state index in [1.54, 1.807) is 0 Å². The molecule has 0 bridgehead atoms. The molecule has 28 heavy (non-hydrogen) atoms. The van der Waals surface area contributed by atoms with Gasteiger partial charge in [0.25, 0.3) is 5.91 Å². The van der Waals surface area contributed by atoms with E-state index < -0.39 is 0 Å². The van der Waals surface area contributed by atoms with Gasteiger partial charge in [0.15, 0.2) is 0 Å². The first kappa shape index (κ1) is 17.5. The number of aromatic nitrogens is 1. The van der Waals surface area contributed by atoms with Crippen molar-refractivity contribution in [3.05, 3.63) is 80.6 Å². The van der Waals surface area contributed by atoms with E-state index in [2.05, 4.69) is 54.7 Å². The molecule has 4 nitrogen and oxygen atoms in total. The summed E-state index contributed by atoms with van der Waals surface area (Å²) in [5.41, 5.74) is 4.87. The van der Waals surface area contributed by atoms with Gasteiger partial charge >= 0.3 is 0 Å². The van der Waals surface area contributed by atoms with Crippen LogP contribution in [-0.4, -0.2) is 17.4 Å². The van der Waals surface area contributed by atoms with Gasteiger partial charge < -0.3 is 15.2 Å². The topological polar surface area (TPSA) is 48.1 Å². The lowest BCUT2D eigenvalue weighted by Gasteiger charge is -2.29. The number of aromatic amines is 1. The molecule has 2 N–H and O–H groups in total. The number of thiophene rings is 1. The molecule has 1 amide bonds. The monoisotopic (exact) mass is 451 g/mol. The van der Waals surface area contributed by atoms with Gasteiger partial charge in [0.1, 0.15) is 5.69 Å². The summed E-state index contributed by atoms with van der Waals surface area (Å²) in [6, 6.07) is 18.2. The van der Waals surface area contributed by atoms with Gasteiger partial charge in [-0.2, -0.15) is 0 Å². The van der Waals surface area contributed by atoms with Gasteiger partial charge in [-0.1, -0.05) is 18.2 Å². The van der Waals surface area contributed by atoms with Crippen molar-refractivity contribution < 1.29 is 4.79 Å². The third kappa shape index (κ3) is 3.12. The first-order valence-corrected chi connectivity index (χ1v) is 10.8. The Balaban J connectivity index is 1.32. The minimum atomic E-state index is -0.156. The summed E-state index contributed by atoms with van der Waals surface area (Å²) >= 11 is 5.39. The molecule has 5 rings (SSSR count). The van der Waals surface area contributed by atoms with Crippen molar-refractivity contribution in [2.75, 3.05) is 16.8 Å². The quantitative estimate of drug-likeness (QED) is 0.412. The highest BCUT2D eigenvalue weighted by molar-refractivity contribution is 9.10. The number of anilines is 2. The summed E-state index contributed by atoms with van der Waals surface area (Å²) in [5, 5.41) is 6.16. The molecule has 140 valence electrons. The first-order chi connectivity index (χ1) is 13.7. The fraction of sp³-hybridized carbons (Fsp3) is 0.136. The Labute approximate surface area is 175 Å². The molecule has 1 aliphatic heterocycles. The van der Waals surface area contributed by atoms with Crippen LogP contribution in [0.1, 0.15) is 20.9 Å². The number of fused-ring (bicyclic) bond motifs is 2. The zero-order valence-corrected chi connectivity index (χ0v) is 17.4. The van der Waals surface area contributed by atoms with Gasteiger partial charge in [-0.15, -0.1) is 11.3 Å². The predicted molar refractivity (Wildman–Crippen MR) is 119 cm³/mol. The Hall–Kier alpha value is -2.57. The average Bonchev–Trinajstić information content (AvgIpc) is 3.33. The van der Waals surface area contributed by atoms with Crippen LogP contribution in [0.25, 0.3) is 10.9 Å². The Morgan fingerprint density at radius 1 is 1.11 bits per heavy atom. The van der Waals surface area contributed by atoms with Crippen LogP contribution >= 0.6 is 27.3 Å². The lowest BCUT2D eigenvalue weighted by Crippen LogP contribution is -2.29. The molecule has 6 heteroatoms. The third-order valence-corrected chi connectivity index (χ3v) is 7.01. The zero-order chi connectivity index (χ0) is 19.1. The van der Waals surface area contributed by atoms with Crippen LogP contribution in [0.4, 0.5) is 11.4 Å². The van der Waals surface area contributed by atoms with Crippen molar-refractivity contribution in [3.63, 3.8) is 0 Å². The molecule has 0 saturated heterocycles. The SMILES string of the molecule is O=C(Nc1ccc(N2CCc3sccc3C2)cc1)c1[nH]c2ccccc2c1Br. The summed E-state index contributed by atoms with van der Waals surface area (Å²) in [4.78, 5) is 19.8. The normalized spacial score (nSPS) is 13.5. The Bertz CT molecular complexity index is 1160. The number of hydrogen-bond acceptors (Lipinski definition) is 3. The second-order valence-electron chi connectivity index (χ2n) is 6.90. The lowest BCUT2D eigenvalue weighted by atomic mass is 10.1. The van der Waals surface area contributed by atoms with E-state index in [4.69, 9.17) is 0 Å². The van der Waals surface area contributed by atoms with Gasteiger partial charge in [-0.25, -0.2) is 0 Å². The predicted octanol–water partition coefficient (Wildman–Crippen LogP) is 5.81. The third-order valence-electron chi connectivity index (χ3n) is 5.17. The van der Waals surface area contributed by atoms with Gasteiger partial charge in [0.2, 0.25) is 0 Å². The summed E-state index contributed by atoms with van der Waals surface area (Å²) < 4.78 is 0.789. The van der Waals surface area contributed by atoms with E-state index in [-0.39, 0.29) is 5.91 Å². The fourth-order valence-corrected chi connectivity index (χ4v) is 5.20. The van der Waals surface area contributed by atoms with E-state index in [1.165, 1.54) is 16.1 Å². The Kier molecular flexibility index (Phi) is 4.45. The van der Waals surface area contributed by atoms with Crippen LogP contribution in [0.2, 0.25) is 0 Å². The largest absolute Gasteiger partial charge is 0.367 e. The number of halogens is 1. The van der Waals surface area contributed by atoms with Crippen molar-refractivity contribution in [1.29, 1.82) is 0 Å². The van der Waals surface area contributed by atoms with Crippen molar-refractivity contribution in [1.82, 2.24) is 4.98 Å². The van der Waals surface area contributed by atoms with Gasteiger partial charge in [-0.05, 0) is 69.7 Å². The van der Waals surface area contributed by atoms with E-state index in [0.717, 1.165) is 40.6 Å². The molecular weight excluding hydrogens is 434 g/mol. The van der Waals surface area contributed by atoms with Crippen molar-refractivity contribution in [2.24, 2.45) is 0 Å². The second-order valence-corrected chi connectivity index (χ2v) is 8.69. The molecule has 4 aromatic rings. The molecule has 0 atom stereocenters. The first-order valence-electron chi connectivity index (χ1n) is 9.17. The molecule has 0 aliphatic carbocycles. The number of carbonyl (C=O) groups excluding carboxylic acids is 1. The van der Waals surface area contributed by atoms with E-state index in [9.17, 15) is 4.79 Å². The van der Waals surface area contributed by atoms with Gasteiger partial charge in [0.05, 0.1) is 4.47 Å². The van der Waals surface area contributed by atoms with Crippen LogP contribution in [-0.2, 0) is 13.0 Å². The van der Waals surface area contributed by atoms with Crippen molar-refractivity contribution in [2.45, 2.75) is 13.0 Å².